The van der Waals surface area contributed by atoms with Crippen LogP contribution in [0.4, 0.5) is 19.6 Å². The minimum Gasteiger partial charge on any atom is -0.343 e. The molecule has 1 amide bonds. The van der Waals surface area contributed by atoms with Crippen molar-refractivity contribution in [1.29, 1.82) is 0 Å². The molecule has 0 unspecified atom stereocenters. The Bertz CT molecular complexity index is 969. The molecule has 0 spiro atoms. The van der Waals surface area contributed by atoms with Gasteiger partial charge >= 0.3 is 0 Å². The monoisotopic (exact) mass is 375 g/mol. The molecule has 134 valence electrons. The number of rotatable bonds is 3. The van der Waals surface area contributed by atoms with Gasteiger partial charge in [0.1, 0.15) is 17.7 Å². The highest BCUT2D eigenvalue weighted by atomic mass is 32.1. The second-order valence-corrected chi connectivity index (χ2v) is 6.92. The number of anilines is 2. The number of nitrogens with zero attached hydrogens (tertiary/aromatic N) is 3. The lowest BCUT2D eigenvalue weighted by molar-refractivity contribution is 0.102. The van der Waals surface area contributed by atoms with Crippen molar-refractivity contribution in [3.05, 3.63) is 47.4 Å². The lowest BCUT2D eigenvalue weighted by atomic mass is 10.2. The number of nitrogens with one attached hydrogen (secondary N) is 1. The second kappa shape index (κ2) is 6.58. The van der Waals surface area contributed by atoms with Crippen LogP contribution in [0, 0.1) is 5.82 Å². The van der Waals surface area contributed by atoms with Gasteiger partial charge in [-0.25, -0.2) is 13.8 Å². The molecule has 2 aromatic heterocycles. The molecule has 1 aliphatic heterocycles. The molecule has 0 bridgehead atoms. The number of thiazole rings is 1. The predicted molar refractivity (Wildman–Crippen MR) is 96.9 cm³/mol. The van der Waals surface area contributed by atoms with E-state index in [1.807, 2.05) is 0 Å². The predicted octanol–water partition coefficient (Wildman–Crippen LogP) is 2.57. The number of halogens is 2. The molecule has 6 nitrogen and oxygen atoms in total. The summed E-state index contributed by atoms with van der Waals surface area (Å²) >= 11 is 1.24. The van der Waals surface area contributed by atoms with Crippen molar-refractivity contribution in [2.24, 2.45) is 5.73 Å². The van der Waals surface area contributed by atoms with E-state index in [2.05, 4.69) is 15.3 Å². The van der Waals surface area contributed by atoms with Gasteiger partial charge < -0.3 is 16.0 Å². The Labute approximate surface area is 151 Å². The molecule has 1 fully saturated rings. The van der Waals surface area contributed by atoms with Crippen molar-refractivity contribution >= 4 is 39.0 Å². The van der Waals surface area contributed by atoms with Crippen molar-refractivity contribution in [1.82, 2.24) is 9.97 Å². The number of nitrogens with two attached hydrogens (primary N) is 1. The molecule has 3 N–H and O–H groups in total. The van der Waals surface area contributed by atoms with E-state index in [-0.39, 0.29) is 17.9 Å². The maximum atomic E-state index is 13.8. The molecule has 9 heteroatoms. The third-order valence-electron chi connectivity index (χ3n) is 4.20. The Morgan fingerprint density at radius 1 is 1.38 bits per heavy atom. The normalized spacial score (nSPS) is 19.9. The van der Waals surface area contributed by atoms with E-state index in [9.17, 15) is 13.6 Å². The first kappa shape index (κ1) is 16.8. The fourth-order valence-electron chi connectivity index (χ4n) is 2.90. The molecule has 4 rings (SSSR count). The van der Waals surface area contributed by atoms with E-state index in [4.69, 9.17) is 5.73 Å². The van der Waals surface area contributed by atoms with Gasteiger partial charge in [-0.3, -0.25) is 9.78 Å². The van der Waals surface area contributed by atoms with Crippen LogP contribution in [0.1, 0.15) is 10.5 Å². The van der Waals surface area contributed by atoms with E-state index in [0.717, 1.165) is 0 Å². The van der Waals surface area contributed by atoms with Gasteiger partial charge in [-0.2, -0.15) is 0 Å². The second-order valence-electron chi connectivity index (χ2n) is 6.08. The maximum absolute atomic E-state index is 13.8. The van der Waals surface area contributed by atoms with E-state index in [1.165, 1.54) is 23.5 Å². The van der Waals surface area contributed by atoms with Gasteiger partial charge in [-0.05, 0) is 18.2 Å². The van der Waals surface area contributed by atoms with Gasteiger partial charge in [0.15, 0.2) is 5.13 Å². The largest absolute Gasteiger partial charge is 0.343 e. The van der Waals surface area contributed by atoms with Gasteiger partial charge in [0.25, 0.3) is 5.91 Å². The molecular formula is C17H15F2N5OS. The highest BCUT2D eigenvalue weighted by Crippen LogP contribution is 2.27. The van der Waals surface area contributed by atoms with Gasteiger partial charge in [-0.15, -0.1) is 11.3 Å². The summed E-state index contributed by atoms with van der Waals surface area (Å²) in [5.41, 5.74) is 6.62. The number of carbonyl (C=O) groups is 1. The topological polar surface area (TPSA) is 84.1 Å². The van der Waals surface area contributed by atoms with Crippen LogP contribution in [0.2, 0.25) is 0 Å². The van der Waals surface area contributed by atoms with Crippen LogP contribution in [0.3, 0.4) is 0 Å². The average Bonchev–Trinajstić information content (AvgIpc) is 3.22. The molecule has 0 radical (unpaired) electrons. The molecule has 1 aromatic carbocycles. The van der Waals surface area contributed by atoms with E-state index in [0.29, 0.717) is 22.6 Å². The van der Waals surface area contributed by atoms with Crippen LogP contribution < -0.4 is 16.0 Å². The summed E-state index contributed by atoms with van der Waals surface area (Å²) in [5, 5.41) is 5.35. The molecule has 1 aliphatic rings. The first-order chi connectivity index (χ1) is 12.5. The van der Waals surface area contributed by atoms with Crippen molar-refractivity contribution < 1.29 is 13.6 Å². The maximum Gasteiger partial charge on any atom is 0.275 e. The van der Waals surface area contributed by atoms with Crippen LogP contribution in [0.25, 0.3) is 10.9 Å². The molecule has 1 saturated heterocycles. The highest BCUT2D eigenvalue weighted by molar-refractivity contribution is 7.14. The summed E-state index contributed by atoms with van der Waals surface area (Å²) in [6.07, 6.45) is 0.460. The number of amides is 1. The highest BCUT2D eigenvalue weighted by Gasteiger charge is 2.31. The van der Waals surface area contributed by atoms with Crippen molar-refractivity contribution in [2.75, 3.05) is 23.3 Å². The standard InChI is InChI=1S/C17H15F2N5OS/c18-10-4-9-2-1-3-21-15(9)13(5-10)22-16(25)14-8-26-17(23-14)24-6-11(19)12(20)7-24/h1-5,8,11-12H,6-7,20H2,(H,22,25)/t11-,12+/m1/s1. The van der Waals surface area contributed by atoms with Gasteiger partial charge in [0.05, 0.1) is 23.8 Å². The first-order valence-corrected chi connectivity index (χ1v) is 8.85. The summed E-state index contributed by atoms with van der Waals surface area (Å²) in [6, 6.07) is 5.42. The fourth-order valence-corrected chi connectivity index (χ4v) is 3.72. The Morgan fingerprint density at radius 3 is 3.00 bits per heavy atom. The molecular weight excluding hydrogens is 360 g/mol. The number of fused-ring (bicyclic) bond motifs is 1. The lowest BCUT2D eigenvalue weighted by Gasteiger charge is -2.12. The fraction of sp³-hybridized carbons (Fsp3) is 0.235. The minimum atomic E-state index is -1.11. The lowest BCUT2D eigenvalue weighted by Crippen LogP contribution is -2.30. The number of carbonyl (C=O) groups excluding carboxylic acids is 1. The number of benzene rings is 1. The molecule has 2 atom stereocenters. The molecule has 0 saturated carbocycles. The summed E-state index contributed by atoms with van der Waals surface area (Å²) < 4.78 is 27.4. The number of alkyl halides is 1. The van der Waals surface area contributed by atoms with Crippen molar-refractivity contribution in [3.63, 3.8) is 0 Å². The Balaban J connectivity index is 1.56. The third-order valence-corrected chi connectivity index (χ3v) is 5.11. The first-order valence-electron chi connectivity index (χ1n) is 7.97. The summed E-state index contributed by atoms with van der Waals surface area (Å²) in [5.74, 6) is -0.954. The Kier molecular flexibility index (Phi) is 4.25. The zero-order chi connectivity index (χ0) is 18.3. The minimum absolute atomic E-state index is 0.161. The van der Waals surface area contributed by atoms with Crippen molar-refractivity contribution in [3.8, 4) is 0 Å². The number of hydrogen-bond acceptors (Lipinski definition) is 6. The third kappa shape index (κ3) is 3.11. The van der Waals surface area contributed by atoms with Crippen LogP contribution in [0.5, 0.6) is 0 Å². The summed E-state index contributed by atoms with van der Waals surface area (Å²) in [6.45, 7) is 0.516. The van der Waals surface area contributed by atoms with Crippen LogP contribution >= 0.6 is 11.3 Å². The van der Waals surface area contributed by atoms with Crippen LogP contribution in [-0.4, -0.2) is 41.2 Å². The summed E-state index contributed by atoms with van der Waals surface area (Å²) in [7, 11) is 0. The van der Waals surface area contributed by atoms with Gasteiger partial charge in [0.2, 0.25) is 0 Å². The Morgan fingerprint density at radius 2 is 2.23 bits per heavy atom. The average molecular weight is 375 g/mol. The zero-order valence-corrected chi connectivity index (χ0v) is 14.3. The number of hydrogen-bond donors (Lipinski definition) is 2. The molecule has 3 heterocycles. The SMILES string of the molecule is N[C@H]1CN(c2nc(C(=O)Nc3cc(F)cc4cccnc34)cs2)C[C@H]1F. The smallest absolute Gasteiger partial charge is 0.275 e. The van der Waals surface area contributed by atoms with E-state index >= 15 is 0 Å². The Hall–Kier alpha value is -2.65. The van der Waals surface area contributed by atoms with Crippen molar-refractivity contribution in [2.45, 2.75) is 12.2 Å². The van der Waals surface area contributed by atoms with Gasteiger partial charge in [-0.1, -0.05) is 6.07 Å². The van der Waals surface area contributed by atoms with Crippen LogP contribution in [-0.2, 0) is 0 Å². The summed E-state index contributed by atoms with van der Waals surface area (Å²) in [4.78, 5) is 22.7. The van der Waals surface area contributed by atoms with E-state index in [1.54, 1.807) is 28.6 Å². The number of pyridine rings is 1. The molecule has 3 aromatic rings. The number of aromatic nitrogens is 2. The quantitative estimate of drug-likeness (QED) is 0.735. The zero-order valence-electron chi connectivity index (χ0n) is 13.5. The molecule has 26 heavy (non-hydrogen) atoms. The van der Waals surface area contributed by atoms with Crippen LogP contribution in [0.15, 0.2) is 35.8 Å². The molecule has 0 aliphatic carbocycles. The van der Waals surface area contributed by atoms with Gasteiger partial charge in [0, 0.05) is 23.5 Å². The van der Waals surface area contributed by atoms with E-state index < -0.39 is 23.9 Å².